The smallest absolute Gasteiger partial charge is 0.293 e. The number of nitrogens with one attached hydrogen (secondary N) is 1. The second-order valence-corrected chi connectivity index (χ2v) is 6.55. The molecule has 2 atom stereocenters. The number of rotatable bonds is 12. The fourth-order valence-corrected chi connectivity index (χ4v) is 1.84. The summed E-state index contributed by atoms with van der Waals surface area (Å²) in [6.45, 7) is 10.4. The predicted molar refractivity (Wildman–Crippen MR) is 105 cm³/mol. The highest BCUT2D eigenvalue weighted by atomic mass is 16.5. The monoisotopic (exact) mass is 363 g/mol. The molecule has 0 aliphatic rings. The molecular formula is C21H33NO4. The minimum absolute atomic E-state index is 0.0998. The third-order valence-corrected chi connectivity index (χ3v) is 4.03. The van der Waals surface area contributed by atoms with Gasteiger partial charge in [-0.2, -0.15) is 0 Å². The Labute approximate surface area is 157 Å². The van der Waals surface area contributed by atoms with Crippen molar-refractivity contribution in [2.45, 2.75) is 59.6 Å². The minimum atomic E-state index is -0.222. The van der Waals surface area contributed by atoms with Gasteiger partial charge in [-0.3, -0.25) is 9.59 Å². The second-order valence-electron chi connectivity index (χ2n) is 6.55. The van der Waals surface area contributed by atoms with E-state index in [1.165, 1.54) is 6.08 Å². The molecule has 5 heteroatoms. The molecule has 146 valence electrons. The number of hydrogen-bond acceptors (Lipinski definition) is 4. The molecule has 0 aliphatic carbocycles. The van der Waals surface area contributed by atoms with Crippen LogP contribution in [0.5, 0.6) is 0 Å². The van der Waals surface area contributed by atoms with Crippen LogP contribution in [0.25, 0.3) is 0 Å². The summed E-state index contributed by atoms with van der Waals surface area (Å²) in [5, 5.41) is 2.91. The van der Waals surface area contributed by atoms with E-state index in [2.05, 4.69) is 19.2 Å². The lowest BCUT2D eigenvalue weighted by Crippen LogP contribution is -2.34. The van der Waals surface area contributed by atoms with E-state index in [-0.39, 0.29) is 18.1 Å². The van der Waals surface area contributed by atoms with Gasteiger partial charge in [-0.25, -0.2) is 0 Å². The molecule has 0 spiro atoms. The molecule has 26 heavy (non-hydrogen) atoms. The van der Waals surface area contributed by atoms with Crippen LogP contribution in [0.15, 0.2) is 47.8 Å². The summed E-state index contributed by atoms with van der Waals surface area (Å²) in [7, 11) is 1.60. The van der Waals surface area contributed by atoms with Crippen LogP contribution in [-0.4, -0.2) is 31.6 Å². The van der Waals surface area contributed by atoms with Crippen LogP contribution in [0.3, 0.4) is 0 Å². The van der Waals surface area contributed by atoms with Gasteiger partial charge in [-0.15, -0.1) is 0 Å². The first kappa shape index (κ1) is 23.7. The number of carbonyl (C=O) groups is 2. The van der Waals surface area contributed by atoms with Gasteiger partial charge < -0.3 is 14.8 Å². The molecule has 0 saturated carbocycles. The number of ether oxygens (including phenoxy) is 2. The number of carbonyl (C=O) groups excluding carboxylic acids is 2. The standard InChI is InChI=1S/C21H33NO4/c1-16(2)19(5)22-21(24)10-8-7-9-17(3)11-13-20(26-15-23)14-12-18(4)25-6/h7-12,15-16,19-20H,13-14H2,1-6H3,(H,22,24)/b9-7-,10-8-,17-11+,18-12+. The maximum atomic E-state index is 11.7. The van der Waals surface area contributed by atoms with Crippen LogP contribution in [0.2, 0.25) is 0 Å². The number of allylic oxidation sites excluding steroid dienone is 5. The maximum Gasteiger partial charge on any atom is 0.293 e. The first-order chi connectivity index (χ1) is 12.3. The van der Waals surface area contributed by atoms with Gasteiger partial charge >= 0.3 is 0 Å². The lowest BCUT2D eigenvalue weighted by molar-refractivity contribution is -0.133. The van der Waals surface area contributed by atoms with E-state index in [0.29, 0.717) is 25.2 Å². The molecule has 0 saturated heterocycles. The molecule has 0 aliphatic heterocycles. The molecule has 0 radical (unpaired) electrons. The predicted octanol–water partition coefficient (Wildman–Crippen LogP) is 4.08. The van der Waals surface area contributed by atoms with Crippen LogP contribution in [-0.2, 0) is 19.1 Å². The van der Waals surface area contributed by atoms with Gasteiger partial charge in [-0.05, 0) is 32.8 Å². The summed E-state index contributed by atoms with van der Waals surface area (Å²) in [4.78, 5) is 22.3. The summed E-state index contributed by atoms with van der Waals surface area (Å²) < 4.78 is 10.2. The van der Waals surface area contributed by atoms with Crippen molar-refractivity contribution < 1.29 is 19.1 Å². The van der Waals surface area contributed by atoms with E-state index in [4.69, 9.17) is 9.47 Å². The molecule has 0 aromatic carbocycles. The highest BCUT2D eigenvalue weighted by Crippen LogP contribution is 2.10. The van der Waals surface area contributed by atoms with Crippen molar-refractivity contribution in [3.05, 3.63) is 47.8 Å². The average Bonchev–Trinajstić information content (AvgIpc) is 2.60. The Balaban J connectivity index is 4.51. The fourth-order valence-electron chi connectivity index (χ4n) is 1.84. The van der Waals surface area contributed by atoms with E-state index in [1.807, 2.05) is 45.1 Å². The zero-order valence-electron chi connectivity index (χ0n) is 16.8. The molecule has 5 nitrogen and oxygen atoms in total. The fraction of sp³-hybridized carbons (Fsp3) is 0.524. The maximum absolute atomic E-state index is 11.7. The number of hydrogen-bond donors (Lipinski definition) is 1. The molecule has 0 fully saturated rings. The number of methoxy groups -OCH3 is 1. The summed E-state index contributed by atoms with van der Waals surface area (Å²) in [6, 6.07) is 0.142. The van der Waals surface area contributed by atoms with Crippen molar-refractivity contribution in [1.82, 2.24) is 5.32 Å². The van der Waals surface area contributed by atoms with Gasteiger partial charge in [0, 0.05) is 25.0 Å². The van der Waals surface area contributed by atoms with E-state index >= 15 is 0 Å². The second kappa shape index (κ2) is 13.9. The van der Waals surface area contributed by atoms with Crippen molar-refractivity contribution in [2.24, 2.45) is 5.92 Å². The average molecular weight is 363 g/mol. The van der Waals surface area contributed by atoms with Gasteiger partial charge in [0.1, 0.15) is 6.10 Å². The van der Waals surface area contributed by atoms with Crippen LogP contribution >= 0.6 is 0 Å². The Morgan fingerprint density at radius 3 is 2.23 bits per heavy atom. The Kier molecular flexibility index (Phi) is 12.7. The Morgan fingerprint density at radius 1 is 1.04 bits per heavy atom. The van der Waals surface area contributed by atoms with Gasteiger partial charge in [0.2, 0.25) is 5.91 Å². The SMILES string of the molecule is CO/C(C)=C/CC(C/C=C(C)/C=C\C=C/C(=O)NC(C)C(C)C)OC=O. The quantitative estimate of drug-likeness (QED) is 0.246. The summed E-state index contributed by atoms with van der Waals surface area (Å²) in [6.07, 6.45) is 11.8. The van der Waals surface area contributed by atoms with Crippen LogP contribution in [0.4, 0.5) is 0 Å². The van der Waals surface area contributed by atoms with Gasteiger partial charge in [-0.1, -0.05) is 43.7 Å². The summed E-state index contributed by atoms with van der Waals surface area (Å²) in [5.41, 5.74) is 1.03. The third kappa shape index (κ3) is 12.1. The van der Waals surface area contributed by atoms with Crippen LogP contribution in [0, 0.1) is 5.92 Å². The highest BCUT2D eigenvalue weighted by molar-refractivity contribution is 5.87. The lowest BCUT2D eigenvalue weighted by Gasteiger charge is -2.15. The molecule has 1 N–H and O–H groups in total. The summed E-state index contributed by atoms with van der Waals surface area (Å²) >= 11 is 0. The third-order valence-electron chi connectivity index (χ3n) is 4.03. The van der Waals surface area contributed by atoms with Gasteiger partial charge in [0.25, 0.3) is 6.47 Å². The Morgan fingerprint density at radius 2 is 1.65 bits per heavy atom. The molecule has 2 unspecified atom stereocenters. The molecule has 0 aromatic heterocycles. The molecule has 1 amide bonds. The topological polar surface area (TPSA) is 64.6 Å². The lowest BCUT2D eigenvalue weighted by atomic mass is 10.1. The van der Waals surface area contributed by atoms with E-state index in [0.717, 1.165) is 11.3 Å². The Hall–Kier alpha value is -2.30. The highest BCUT2D eigenvalue weighted by Gasteiger charge is 2.08. The van der Waals surface area contributed by atoms with Gasteiger partial charge in [0.15, 0.2) is 0 Å². The zero-order valence-corrected chi connectivity index (χ0v) is 16.8. The largest absolute Gasteiger partial charge is 0.502 e. The first-order valence-electron chi connectivity index (χ1n) is 8.92. The Bertz CT molecular complexity index is 544. The van der Waals surface area contributed by atoms with Crippen molar-refractivity contribution in [2.75, 3.05) is 7.11 Å². The van der Waals surface area contributed by atoms with Crippen molar-refractivity contribution in [3.8, 4) is 0 Å². The normalized spacial score (nSPS) is 15.3. The van der Waals surface area contributed by atoms with Crippen LogP contribution < -0.4 is 5.32 Å². The molecular weight excluding hydrogens is 330 g/mol. The van der Waals surface area contributed by atoms with Gasteiger partial charge in [0.05, 0.1) is 12.9 Å². The van der Waals surface area contributed by atoms with Crippen LogP contribution in [0.1, 0.15) is 47.5 Å². The van der Waals surface area contributed by atoms with Crippen molar-refractivity contribution in [3.63, 3.8) is 0 Å². The van der Waals surface area contributed by atoms with E-state index in [9.17, 15) is 9.59 Å². The minimum Gasteiger partial charge on any atom is -0.502 e. The van der Waals surface area contributed by atoms with Crippen molar-refractivity contribution in [1.29, 1.82) is 0 Å². The van der Waals surface area contributed by atoms with E-state index < -0.39 is 0 Å². The summed E-state index contributed by atoms with van der Waals surface area (Å²) in [5.74, 6) is 1.09. The molecule has 0 bridgehead atoms. The molecule has 0 rings (SSSR count). The van der Waals surface area contributed by atoms with Crippen molar-refractivity contribution >= 4 is 12.4 Å². The molecule has 0 heterocycles. The first-order valence-corrected chi connectivity index (χ1v) is 8.92. The number of amides is 1. The zero-order chi connectivity index (χ0) is 19.9. The molecule has 0 aromatic rings. The van der Waals surface area contributed by atoms with E-state index in [1.54, 1.807) is 13.2 Å².